The number of aryl methyl sites for hydroxylation is 2. The van der Waals surface area contributed by atoms with Crippen LogP contribution in [-0.4, -0.2) is 42.7 Å². The Labute approximate surface area is 187 Å². The zero-order valence-electron chi connectivity index (χ0n) is 17.2. The van der Waals surface area contributed by atoms with Gasteiger partial charge in [0.2, 0.25) is 11.8 Å². The number of aromatic nitrogens is 6. The summed E-state index contributed by atoms with van der Waals surface area (Å²) in [6, 6.07) is 3.73. The zero-order chi connectivity index (χ0) is 21.1. The standard InChI is InChI=1S/C21H20F2N6O2.ClH/c1-28-10-13(19(27-28)31-21(22)23)14-12-4-2-7-24-18(12)25-17(14)15-16(11-5-6-11)26-29-8-3-9-30-20(15)29;/h2,4,7,10-11,21H,3,5-6,8-9H2,1H3,(H,24,25);1H. The molecule has 4 aromatic heterocycles. The summed E-state index contributed by atoms with van der Waals surface area (Å²) in [4.78, 5) is 7.86. The fourth-order valence-corrected chi connectivity index (χ4v) is 4.32. The van der Waals surface area contributed by atoms with Gasteiger partial charge in [0.25, 0.3) is 0 Å². The molecule has 0 atom stereocenters. The van der Waals surface area contributed by atoms with Crippen LogP contribution < -0.4 is 9.47 Å². The summed E-state index contributed by atoms with van der Waals surface area (Å²) < 4.78 is 40.4. The summed E-state index contributed by atoms with van der Waals surface area (Å²) >= 11 is 0. The average molecular weight is 463 g/mol. The van der Waals surface area contributed by atoms with Gasteiger partial charge in [0, 0.05) is 49.3 Å². The van der Waals surface area contributed by atoms with Gasteiger partial charge < -0.3 is 14.5 Å². The van der Waals surface area contributed by atoms with Gasteiger partial charge in [-0.1, -0.05) is 0 Å². The average Bonchev–Trinajstić information content (AvgIpc) is 3.29. The number of H-pyrrole nitrogens is 1. The molecule has 0 spiro atoms. The molecule has 32 heavy (non-hydrogen) atoms. The highest BCUT2D eigenvalue weighted by Gasteiger charge is 2.36. The summed E-state index contributed by atoms with van der Waals surface area (Å²) in [7, 11) is 1.68. The summed E-state index contributed by atoms with van der Waals surface area (Å²) in [6.07, 6.45) is 6.42. The van der Waals surface area contributed by atoms with Crippen molar-refractivity contribution in [2.24, 2.45) is 7.05 Å². The normalized spacial score (nSPS) is 15.5. The fraction of sp³-hybridized carbons (Fsp3) is 0.381. The number of hydrogen-bond acceptors (Lipinski definition) is 5. The molecule has 1 N–H and O–H groups in total. The van der Waals surface area contributed by atoms with Crippen LogP contribution in [0.15, 0.2) is 24.5 Å². The van der Waals surface area contributed by atoms with Crippen LogP contribution in [0, 0.1) is 0 Å². The lowest BCUT2D eigenvalue weighted by atomic mass is 9.99. The quantitative estimate of drug-likeness (QED) is 0.472. The third-order valence-electron chi connectivity index (χ3n) is 5.74. The van der Waals surface area contributed by atoms with Crippen LogP contribution in [-0.2, 0) is 13.6 Å². The highest BCUT2D eigenvalue weighted by molar-refractivity contribution is 6.04. The van der Waals surface area contributed by atoms with E-state index in [1.807, 2.05) is 16.8 Å². The van der Waals surface area contributed by atoms with Crippen molar-refractivity contribution in [3.8, 4) is 34.1 Å². The van der Waals surface area contributed by atoms with Crippen LogP contribution in [0.5, 0.6) is 11.8 Å². The molecule has 1 saturated carbocycles. The van der Waals surface area contributed by atoms with E-state index in [2.05, 4.69) is 15.1 Å². The van der Waals surface area contributed by atoms with Gasteiger partial charge in [-0.05, 0) is 25.0 Å². The van der Waals surface area contributed by atoms with Crippen molar-refractivity contribution in [2.45, 2.75) is 38.3 Å². The molecule has 6 rings (SSSR count). The molecular formula is C21H21ClF2N6O2. The minimum atomic E-state index is -2.98. The van der Waals surface area contributed by atoms with Crippen molar-refractivity contribution in [1.82, 2.24) is 29.5 Å². The van der Waals surface area contributed by atoms with E-state index >= 15 is 0 Å². The smallest absolute Gasteiger partial charge is 0.388 e. The maximum Gasteiger partial charge on any atom is 0.388 e. The Morgan fingerprint density at radius 3 is 2.88 bits per heavy atom. The Morgan fingerprint density at radius 2 is 2.09 bits per heavy atom. The molecule has 11 heteroatoms. The van der Waals surface area contributed by atoms with Crippen molar-refractivity contribution in [2.75, 3.05) is 6.61 Å². The number of rotatable bonds is 5. The lowest BCUT2D eigenvalue weighted by Crippen LogP contribution is -2.15. The van der Waals surface area contributed by atoms with E-state index < -0.39 is 6.61 Å². The number of fused-ring (bicyclic) bond motifs is 2. The van der Waals surface area contributed by atoms with Crippen LogP contribution in [0.25, 0.3) is 33.4 Å². The molecule has 0 aromatic carbocycles. The van der Waals surface area contributed by atoms with Crippen molar-refractivity contribution < 1.29 is 18.3 Å². The van der Waals surface area contributed by atoms with E-state index in [0.29, 0.717) is 35.2 Å². The Morgan fingerprint density at radius 1 is 1.25 bits per heavy atom. The number of aromatic amines is 1. The molecule has 168 valence electrons. The lowest BCUT2D eigenvalue weighted by molar-refractivity contribution is -0.0527. The van der Waals surface area contributed by atoms with Gasteiger partial charge in [0.1, 0.15) is 5.65 Å². The van der Waals surface area contributed by atoms with Gasteiger partial charge in [-0.15, -0.1) is 17.5 Å². The van der Waals surface area contributed by atoms with Gasteiger partial charge in [-0.3, -0.25) is 4.68 Å². The molecule has 0 radical (unpaired) electrons. The first kappa shape index (κ1) is 20.7. The highest BCUT2D eigenvalue weighted by atomic mass is 35.5. The number of ether oxygens (including phenoxy) is 2. The topological polar surface area (TPSA) is 82.8 Å². The molecule has 2 aliphatic rings. The first-order valence-corrected chi connectivity index (χ1v) is 10.3. The van der Waals surface area contributed by atoms with Crippen molar-refractivity contribution in [3.05, 3.63) is 30.2 Å². The second kappa shape index (κ2) is 7.77. The van der Waals surface area contributed by atoms with E-state index in [0.717, 1.165) is 48.1 Å². The summed E-state index contributed by atoms with van der Waals surface area (Å²) in [5, 5.41) is 9.76. The van der Waals surface area contributed by atoms with E-state index in [9.17, 15) is 8.78 Å². The largest absolute Gasteiger partial charge is 0.477 e. The number of pyridine rings is 1. The van der Waals surface area contributed by atoms with Crippen LogP contribution in [0.1, 0.15) is 30.9 Å². The third-order valence-corrected chi connectivity index (χ3v) is 5.74. The first-order valence-electron chi connectivity index (χ1n) is 10.3. The first-order chi connectivity index (χ1) is 15.1. The van der Waals surface area contributed by atoms with Gasteiger partial charge in [-0.2, -0.15) is 13.9 Å². The predicted octanol–water partition coefficient (Wildman–Crippen LogP) is 4.51. The Bertz CT molecular complexity index is 1290. The Balaban J connectivity index is 0.00000216. The number of hydrogen-bond donors (Lipinski definition) is 1. The van der Waals surface area contributed by atoms with Crippen molar-refractivity contribution >= 4 is 23.4 Å². The molecule has 8 nitrogen and oxygen atoms in total. The molecule has 1 fully saturated rings. The molecule has 0 amide bonds. The summed E-state index contributed by atoms with van der Waals surface area (Å²) in [6.45, 7) is -1.58. The van der Waals surface area contributed by atoms with Crippen molar-refractivity contribution in [3.63, 3.8) is 0 Å². The van der Waals surface area contributed by atoms with Gasteiger partial charge in [0.05, 0.1) is 29.1 Å². The van der Waals surface area contributed by atoms with Crippen molar-refractivity contribution in [1.29, 1.82) is 0 Å². The number of halogens is 3. The summed E-state index contributed by atoms with van der Waals surface area (Å²) in [5.41, 5.74) is 4.42. The van der Waals surface area contributed by atoms with Crippen LogP contribution in [0.3, 0.4) is 0 Å². The lowest BCUT2D eigenvalue weighted by Gasteiger charge is -2.16. The predicted molar refractivity (Wildman–Crippen MR) is 115 cm³/mol. The molecule has 5 heterocycles. The highest BCUT2D eigenvalue weighted by Crippen LogP contribution is 2.51. The Hall–Kier alpha value is -3.14. The number of alkyl halides is 2. The number of nitrogens with zero attached hydrogens (tertiary/aromatic N) is 5. The molecule has 0 unspecified atom stereocenters. The second-order valence-corrected chi connectivity index (χ2v) is 7.94. The maximum absolute atomic E-state index is 13.1. The monoisotopic (exact) mass is 462 g/mol. The zero-order valence-corrected chi connectivity index (χ0v) is 18.0. The van der Waals surface area contributed by atoms with E-state index in [1.165, 1.54) is 4.68 Å². The van der Waals surface area contributed by atoms with Crippen LogP contribution >= 0.6 is 12.4 Å². The Kier molecular flexibility index (Phi) is 5.04. The SMILES string of the molecule is Cl.Cn1cc(-c2c(-c3c(C4CC4)nn4c3OCCC4)[nH]c3ncccc23)c(OC(F)F)n1. The summed E-state index contributed by atoms with van der Waals surface area (Å²) in [5.74, 6) is 0.953. The third kappa shape index (κ3) is 3.29. The molecule has 4 aromatic rings. The van der Waals surface area contributed by atoms with Gasteiger partial charge >= 0.3 is 6.61 Å². The molecule has 0 saturated heterocycles. The van der Waals surface area contributed by atoms with E-state index in [4.69, 9.17) is 14.6 Å². The minimum Gasteiger partial charge on any atom is -0.477 e. The minimum absolute atomic E-state index is 0. The van der Waals surface area contributed by atoms with Crippen LogP contribution in [0.2, 0.25) is 0 Å². The fourth-order valence-electron chi connectivity index (χ4n) is 4.32. The van der Waals surface area contributed by atoms with Crippen LogP contribution in [0.4, 0.5) is 8.78 Å². The van der Waals surface area contributed by atoms with E-state index in [1.54, 1.807) is 19.4 Å². The molecular weight excluding hydrogens is 442 g/mol. The van der Waals surface area contributed by atoms with E-state index in [-0.39, 0.29) is 18.3 Å². The molecule has 0 bridgehead atoms. The van der Waals surface area contributed by atoms with Gasteiger partial charge in [-0.25, -0.2) is 9.67 Å². The van der Waals surface area contributed by atoms with Gasteiger partial charge in [0.15, 0.2) is 0 Å². The number of nitrogens with one attached hydrogen (secondary N) is 1. The second-order valence-electron chi connectivity index (χ2n) is 7.94. The maximum atomic E-state index is 13.1. The molecule has 1 aliphatic heterocycles. The molecule has 1 aliphatic carbocycles.